The molecule has 1 fully saturated rings. The second-order valence-electron chi connectivity index (χ2n) is 6.16. The number of fused-ring (bicyclic) bond motifs is 2. The fourth-order valence-corrected chi connectivity index (χ4v) is 4.11. The summed E-state index contributed by atoms with van der Waals surface area (Å²) in [5.74, 6) is 0.137. The van der Waals surface area contributed by atoms with E-state index in [1.165, 1.54) is 11.1 Å². The highest BCUT2D eigenvalue weighted by Crippen LogP contribution is 2.43. The topological polar surface area (TPSA) is 29.5 Å². The molecule has 4 rings (SSSR count). The molecule has 116 valence electrons. The summed E-state index contributed by atoms with van der Waals surface area (Å²) >= 11 is 12.5. The SMILES string of the molecule is O=C(C1CCCO1)N1CCC2=C(C1)c1ccc(Cl)c(Cl)c1C2. The van der Waals surface area contributed by atoms with Gasteiger partial charge in [0.1, 0.15) is 6.10 Å². The summed E-state index contributed by atoms with van der Waals surface area (Å²) < 4.78 is 5.54. The second kappa shape index (κ2) is 5.55. The Morgan fingerprint density at radius 1 is 1.32 bits per heavy atom. The molecule has 0 saturated carbocycles. The molecule has 1 aliphatic carbocycles. The minimum Gasteiger partial charge on any atom is -0.368 e. The molecule has 1 atom stereocenters. The summed E-state index contributed by atoms with van der Waals surface area (Å²) in [6, 6.07) is 3.88. The van der Waals surface area contributed by atoms with Crippen LogP contribution in [0.2, 0.25) is 10.0 Å². The van der Waals surface area contributed by atoms with Crippen LogP contribution in [0.25, 0.3) is 5.57 Å². The van der Waals surface area contributed by atoms with Gasteiger partial charge in [-0.3, -0.25) is 4.79 Å². The number of carbonyl (C=O) groups is 1. The van der Waals surface area contributed by atoms with Crippen molar-refractivity contribution in [1.82, 2.24) is 4.90 Å². The van der Waals surface area contributed by atoms with Gasteiger partial charge in [0.25, 0.3) is 5.91 Å². The summed E-state index contributed by atoms with van der Waals surface area (Å²) in [6.45, 7) is 2.14. The predicted molar refractivity (Wildman–Crippen MR) is 87.3 cm³/mol. The lowest BCUT2D eigenvalue weighted by Gasteiger charge is -2.30. The zero-order valence-corrected chi connectivity index (χ0v) is 13.7. The molecular formula is C17H17Cl2NO2. The van der Waals surface area contributed by atoms with Crippen molar-refractivity contribution in [1.29, 1.82) is 0 Å². The van der Waals surface area contributed by atoms with Crippen molar-refractivity contribution in [3.63, 3.8) is 0 Å². The van der Waals surface area contributed by atoms with E-state index in [9.17, 15) is 4.79 Å². The highest BCUT2D eigenvalue weighted by Gasteiger charge is 2.34. The molecule has 1 unspecified atom stereocenters. The molecule has 3 nitrogen and oxygen atoms in total. The molecule has 0 N–H and O–H groups in total. The van der Waals surface area contributed by atoms with Crippen LogP contribution in [0.15, 0.2) is 17.7 Å². The van der Waals surface area contributed by atoms with Gasteiger partial charge >= 0.3 is 0 Å². The predicted octanol–water partition coefficient (Wildman–Crippen LogP) is 3.71. The number of carbonyl (C=O) groups excluding carboxylic acids is 1. The van der Waals surface area contributed by atoms with E-state index in [2.05, 4.69) is 0 Å². The summed E-state index contributed by atoms with van der Waals surface area (Å²) in [5.41, 5.74) is 4.93. The molecule has 1 aromatic rings. The van der Waals surface area contributed by atoms with E-state index in [4.69, 9.17) is 27.9 Å². The lowest BCUT2D eigenvalue weighted by molar-refractivity contribution is -0.140. The fraction of sp³-hybridized carbons (Fsp3) is 0.471. The Balaban J connectivity index is 1.60. The molecule has 0 spiro atoms. The first-order chi connectivity index (χ1) is 10.6. The number of benzene rings is 1. The zero-order chi connectivity index (χ0) is 15.3. The third-order valence-corrected chi connectivity index (χ3v) is 5.73. The molecule has 3 aliphatic rings. The molecule has 1 amide bonds. The number of ether oxygens (including phenoxy) is 1. The first-order valence-electron chi connectivity index (χ1n) is 7.73. The van der Waals surface area contributed by atoms with Gasteiger partial charge in [-0.05, 0) is 48.4 Å². The Labute approximate surface area is 139 Å². The number of halogens is 2. The molecule has 22 heavy (non-hydrogen) atoms. The van der Waals surface area contributed by atoms with E-state index in [1.807, 2.05) is 17.0 Å². The van der Waals surface area contributed by atoms with E-state index in [-0.39, 0.29) is 12.0 Å². The molecule has 0 radical (unpaired) electrons. The third-order valence-electron chi connectivity index (χ3n) is 4.89. The summed E-state index contributed by atoms with van der Waals surface area (Å²) in [5, 5.41) is 1.26. The van der Waals surface area contributed by atoms with Crippen molar-refractivity contribution in [2.75, 3.05) is 19.7 Å². The Kier molecular flexibility index (Phi) is 3.67. The van der Waals surface area contributed by atoms with Crippen LogP contribution in [-0.2, 0) is 16.0 Å². The van der Waals surface area contributed by atoms with Crippen LogP contribution in [0.4, 0.5) is 0 Å². The number of rotatable bonds is 1. The summed E-state index contributed by atoms with van der Waals surface area (Å²) in [7, 11) is 0. The third kappa shape index (κ3) is 2.27. The second-order valence-corrected chi connectivity index (χ2v) is 6.94. The van der Waals surface area contributed by atoms with Gasteiger partial charge in [0.2, 0.25) is 0 Å². The standard InChI is InChI=1S/C17H17Cl2NO2/c18-14-4-3-11-12(16(14)19)8-10-5-6-20(9-13(10)11)17(21)15-2-1-7-22-15/h3-4,15H,1-2,5-9H2. The molecule has 2 aliphatic heterocycles. The van der Waals surface area contributed by atoms with Gasteiger partial charge in [0, 0.05) is 19.7 Å². The maximum atomic E-state index is 12.6. The normalized spacial score (nSPS) is 23.7. The van der Waals surface area contributed by atoms with Gasteiger partial charge in [0.15, 0.2) is 0 Å². The largest absolute Gasteiger partial charge is 0.368 e. The van der Waals surface area contributed by atoms with Crippen molar-refractivity contribution in [2.45, 2.75) is 31.8 Å². The van der Waals surface area contributed by atoms with Crippen LogP contribution in [-0.4, -0.2) is 36.6 Å². The van der Waals surface area contributed by atoms with Crippen molar-refractivity contribution in [2.24, 2.45) is 0 Å². The Bertz CT molecular complexity index is 677. The van der Waals surface area contributed by atoms with Gasteiger partial charge < -0.3 is 9.64 Å². The highest BCUT2D eigenvalue weighted by molar-refractivity contribution is 6.42. The summed E-state index contributed by atoms with van der Waals surface area (Å²) in [4.78, 5) is 14.5. The maximum absolute atomic E-state index is 12.6. The van der Waals surface area contributed by atoms with Gasteiger partial charge in [0.05, 0.1) is 10.0 Å². The lowest BCUT2D eigenvalue weighted by atomic mass is 9.99. The van der Waals surface area contributed by atoms with E-state index in [0.717, 1.165) is 43.4 Å². The van der Waals surface area contributed by atoms with Crippen molar-refractivity contribution >= 4 is 34.7 Å². The average molecular weight is 338 g/mol. The van der Waals surface area contributed by atoms with Crippen LogP contribution in [0.5, 0.6) is 0 Å². The molecule has 0 aromatic heterocycles. The fourth-order valence-electron chi connectivity index (χ4n) is 3.70. The first-order valence-corrected chi connectivity index (χ1v) is 8.49. The molecule has 5 heteroatoms. The van der Waals surface area contributed by atoms with Crippen LogP contribution >= 0.6 is 23.2 Å². The first kappa shape index (κ1) is 14.6. The molecule has 2 heterocycles. The Morgan fingerprint density at radius 2 is 2.18 bits per heavy atom. The maximum Gasteiger partial charge on any atom is 0.252 e. The molecular weight excluding hydrogens is 321 g/mol. The van der Waals surface area contributed by atoms with Crippen molar-refractivity contribution in [3.05, 3.63) is 38.9 Å². The zero-order valence-electron chi connectivity index (χ0n) is 12.2. The van der Waals surface area contributed by atoms with Crippen LogP contribution in [0.3, 0.4) is 0 Å². The van der Waals surface area contributed by atoms with Crippen LogP contribution < -0.4 is 0 Å². The number of hydrogen-bond acceptors (Lipinski definition) is 2. The van der Waals surface area contributed by atoms with E-state index < -0.39 is 0 Å². The minimum atomic E-state index is -0.239. The van der Waals surface area contributed by atoms with Crippen molar-refractivity contribution < 1.29 is 9.53 Å². The number of nitrogens with zero attached hydrogens (tertiary/aromatic N) is 1. The quantitative estimate of drug-likeness (QED) is 0.781. The number of hydrogen-bond donors (Lipinski definition) is 0. The van der Waals surface area contributed by atoms with Gasteiger partial charge in [-0.25, -0.2) is 0 Å². The molecule has 1 aromatic carbocycles. The highest BCUT2D eigenvalue weighted by atomic mass is 35.5. The van der Waals surface area contributed by atoms with Crippen molar-refractivity contribution in [3.8, 4) is 0 Å². The molecule has 0 bridgehead atoms. The Morgan fingerprint density at radius 3 is 2.95 bits per heavy atom. The van der Waals surface area contributed by atoms with E-state index >= 15 is 0 Å². The minimum absolute atomic E-state index is 0.137. The number of amides is 1. The monoisotopic (exact) mass is 337 g/mol. The van der Waals surface area contributed by atoms with E-state index in [0.29, 0.717) is 23.2 Å². The van der Waals surface area contributed by atoms with Gasteiger partial charge in [-0.1, -0.05) is 34.8 Å². The smallest absolute Gasteiger partial charge is 0.252 e. The van der Waals surface area contributed by atoms with Crippen LogP contribution in [0, 0.1) is 0 Å². The van der Waals surface area contributed by atoms with Crippen LogP contribution in [0.1, 0.15) is 30.4 Å². The van der Waals surface area contributed by atoms with Gasteiger partial charge in [-0.15, -0.1) is 0 Å². The average Bonchev–Trinajstić information content (AvgIpc) is 3.17. The van der Waals surface area contributed by atoms with Gasteiger partial charge in [-0.2, -0.15) is 0 Å². The summed E-state index contributed by atoms with van der Waals surface area (Å²) in [6.07, 6.45) is 3.37. The lowest BCUT2D eigenvalue weighted by Crippen LogP contribution is -2.42. The molecule has 1 saturated heterocycles. The Hall–Kier alpha value is -1.03. The van der Waals surface area contributed by atoms with E-state index in [1.54, 1.807) is 0 Å².